The van der Waals surface area contributed by atoms with Crippen molar-refractivity contribution in [2.24, 2.45) is 0 Å². The second-order valence-corrected chi connectivity index (χ2v) is 9.64. The Morgan fingerprint density at radius 1 is 1.21 bits per heavy atom. The van der Waals surface area contributed by atoms with Gasteiger partial charge in [0.15, 0.2) is 0 Å². The quantitative estimate of drug-likeness (QED) is 0.454. The SMILES string of the molecule is CSCc1cc(F)cc2c(C(CCOS(C)(=O)=O)c3ccc(Cl)cc3F)c[nH]c12. The second-order valence-electron chi connectivity index (χ2n) is 6.70. The number of fused-ring (bicyclic) bond motifs is 1. The van der Waals surface area contributed by atoms with E-state index in [4.69, 9.17) is 15.8 Å². The maximum Gasteiger partial charge on any atom is 0.264 e. The molecule has 9 heteroatoms. The number of hydrogen-bond donors (Lipinski definition) is 1. The summed E-state index contributed by atoms with van der Waals surface area (Å²) in [5.41, 5.74) is 2.59. The molecular formula is C20H20ClF2NO3S2. The zero-order chi connectivity index (χ0) is 21.2. The number of thioether (sulfide) groups is 1. The Balaban J connectivity index is 2.10. The summed E-state index contributed by atoms with van der Waals surface area (Å²) in [6.45, 7) is -0.134. The monoisotopic (exact) mass is 459 g/mol. The van der Waals surface area contributed by atoms with Crippen LogP contribution >= 0.6 is 23.4 Å². The van der Waals surface area contributed by atoms with Crippen molar-refractivity contribution in [3.05, 3.63) is 69.9 Å². The molecule has 0 saturated carbocycles. The van der Waals surface area contributed by atoms with E-state index in [2.05, 4.69) is 4.98 Å². The summed E-state index contributed by atoms with van der Waals surface area (Å²) >= 11 is 7.44. The normalized spacial score (nSPS) is 13.1. The minimum absolute atomic E-state index is 0.134. The molecule has 156 valence electrons. The molecule has 0 spiro atoms. The predicted molar refractivity (Wildman–Crippen MR) is 114 cm³/mol. The minimum atomic E-state index is -3.64. The number of halogens is 3. The summed E-state index contributed by atoms with van der Waals surface area (Å²) < 4.78 is 56.5. The molecule has 1 N–H and O–H groups in total. The van der Waals surface area contributed by atoms with Gasteiger partial charge in [0.25, 0.3) is 10.1 Å². The molecule has 29 heavy (non-hydrogen) atoms. The van der Waals surface area contributed by atoms with Crippen molar-refractivity contribution in [1.29, 1.82) is 0 Å². The fourth-order valence-electron chi connectivity index (χ4n) is 3.43. The molecule has 0 fully saturated rings. The van der Waals surface area contributed by atoms with E-state index in [1.165, 1.54) is 18.2 Å². The van der Waals surface area contributed by atoms with Gasteiger partial charge in [0.05, 0.1) is 12.9 Å². The van der Waals surface area contributed by atoms with Crippen molar-refractivity contribution in [3.8, 4) is 0 Å². The first-order valence-corrected chi connectivity index (χ1v) is 12.4. The Labute approximate surface area is 177 Å². The number of benzene rings is 2. The van der Waals surface area contributed by atoms with Gasteiger partial charge in [-0.2, -0.15) is 20.2 Å². The van der Waals surface area contributed by atoms with Crippen LogP contribution in [-0.4, -0.2) is 32.5 Å². The van der Waals surface area contributed by atoms with Crippen molar-refractivity contribution in [3.63, 3.8) is 0 Å². The Morgan fingerprint density at radius 2 is 1.97 bits per heavy atom. The van der Waals surface area contributed by atoms with E-state index in [1.807, 2.05) is 6.26 Å². The van der Waals surface area contributed by atoms with Gasteiger partial charge in [0, 0.05) is 33.8 Å². The highest BCUT2D eigenvalue weighted by Gasteiger charge is 2.23. The van der Waals surface area contributed by atoms with Gasteiger partial charge in [-0.1, -0.05) is 17.7 Å². The van der Waals surface area contributed by atoms with Crippen LogP contribution in [0.25, 0.3) is 10.9 Å². The van der Waals surface area contributed by atoms with Gasteiger partial charge in [-0.25, -0.2) is 8.78 Å². The topological polar surface area (TPSA) is 59.2 Å². The lowest BCUT2D eigenvalue weighted by Gasteiger charge is -2.18. The average Bonchev–Trinajstić information content (AvgIpc) is 3.02. The van der Waals surface area contributed by atoms with Crippen molar-refractivity contribution in [2.75, 3.05) is 19.1 Å². The molecule has 3 aromatic rings. The van der Waals surface area contributed by atoms with Crippen LogP contribution in [0.15, 0.2) is 36.5 Å². The van der Waals surface area contributed by atoms with Gasteiger partial charge >= 0.3 is 0 Å². The molecule has 1 atom stereocenters. The van der Waals surface area contributed by atoms with Gasteiger partial charge < -0.3 is 4.98 Å². The van der Waals surface area contributed by atoms with Gasteiger partial charge in [0.1, 0.15) is 11.6 Å². The van der Waals surface area contributed by atoms with Gasteiger partial charge in [-0.15, -0.1) is 0 Å². The molecule has 1 aromatic heterocycles. The summed E-state index contributed by atoms with van der Waals surface area (Å²) in [6, 6.07) is 7.21. The van der Waals surface area contributed by atoms with E-state index >= 15 is 0 Å². The Bertz CT molecular complexity index is 1130. The average molecular weight is 460 g/mol. The molecule has 1 heterocycles. The zero-order valence-electron chi connectivity index (χ0n) is 15.8. The van der Waals surface area contributed by atoms with Crippen LogP contribution in [0.1, 0.15) is 29.0 Å². The van der Waals surface area contributed by atoms with Crippen LogP contribution in [0.5, 0.6) is 0 Å². The highest BCUT2D eigenvalue weighted by atomic mass is 35.5. The van der Waals surface area contributed by atoms with Gasteiger partial charge in [-0.3, -0.25) is 4.18 Å². The third-order valence-electron chi connectivity index (χ3n) is 4.58. The number of nitrogens with one attached hydrogen (secondary N) is 1. The van der Waals surface area contributed by atoms with E-state index in [-0.39, 0.29) is 23.9 Å². The van der Waals surface area contributed by atoms with E-state index in [0.717, 1.165) is 17.3 Å². The summed E-state index contributed by atoms with van der Waals surface area (Å²) in [6.07, 6.45) is 4.79. The highest BCUT2D eigenvalue weighted by molar-refractivity contribution is 7.97. The minimum Gasteiger partial charge on any atom is -0.361 e. The third-order valence-corrected chi connectivity index (χ3v) is 6.01. The zero-order valence-corrected chi connectivity index (χ0v) is 18.2. The number of hydrogen-bond acceptors (Lipinski definition) is 4. The first kappa shape index (κ1) is 22.1. The molecule has 4 nitrogen and oxygen atoms in total. The molecule has 1 unspecified atom stereocenters. The van der Waals surface area contributed by atoms with Crippen LogP contribution in [0, 0.1) is 11.6 Å². The van der Waals surface area contributed by atoms with Gasteiger partial charge in [0.2, 0.25) is 0 Å². The van der Waals surface area contributed by atoms with E-state index < -0.39 is 21.9 Å². The molecule has 0 amide bonds. The van der Waals surface area contributed by atoms with Crippen LogP contribution in [0.2, 0.25) is 5.02 Å². The van der Waals surface area contributed by atoms with Crippen LogP contribution in [0.3, 0.4) is 0 Å². The number of aromatic amines is 1. The molecule has 0 aliphatic carbocycles. The second kappa shape index (κ2) is 9.04. The largest absolute Gasteiger partial charge is 0.361 e. The third kappa shape index (κ3) is 5.31. The maximum absolute atomic E-state index is 14.7. The van der Waals surface area contributed by atoms with E-state index in [1.54, 1.807) is 30.1 Å². The van der Waals surface area contributed by atoms with Gasteiger partial charge in [-0.05, 0) is 53.6 Å². The first-order valence-electron chi connectivity index (χ1n) is 8.77. The number of aromatic nitrogens is 1. The molecular weight excluding hydrogens is 440 g/mol. The lowest BCUT2D eigenvalue weighted by molar-refractivity contribution is 0.308. The van der Waals surface area contributed by atoms with Crippen LogP contribution < -0.4 is 0 Å². The standard InChI is InChI=1S/C20H20ClF2NO3S2/c1-28-11-12-7-14(22)9-17-18(10-24-20(12)17)15(5-6-27-29(2,25)26)16-4-3-13(21)8-19(16)23/h3-4,7-10,15,24H,5-6,11H2,1-2H3. The van der Waals surface area contributed by atoms with E-state index in [0.29, 0.717) is 22.3 Å². The Hall–Kier alpha value is -1.61. The van der Waals surface area contributed by atoms with Crippen molar-refractivity contribution in [2.45, 2.75) is 18.1 Å². The predicted octanol–water partition coefficient (Wildman–Crippen LogP) is 5.46. The first-order chi connectivity index (χ1) is 13.7. The molecule has 2 aromatic carbocycles. The highest BCUT2D eigenvalue weighted by Crippen LogP contribution is 2.37. The summed E-state index contributed by atoms with van der Waals surface area (Å²) in [5.74, 6) is -0.834. The molecule has 0 saturated heterocycles. The molecule has 0 aliphatic heterocycles. The number of rotatable bonds is 8. The lowest BCUT2D eigenvalue weighted by atomic mass is 9.88. The van der Waals surface area contributed by atoms with Crippen molar-refractivity contribution in [1.82, 2.24) is 4.98 Å². The van der Waals surface area contributed by atoms with Crippen molar-refractivity contribution >= 4 is 44.4 Å². The Kier molecular flexibility index (Phi) is 6.88. The van der Waals surface area contributed by atoms with E-state index in [9.17, 15) is 17.2 Å². The van der Waals surface area contributed by atoms with Crippen molar-refractivity contribution < 1.29 is 21.4 Å². The summed E-state index contributed by atoms with van der Waals surface area (Å²) in [5, 5.41) is 0.886. The molecule has 0 bridgehead atoms. The summed E-state index contributed by atoms with van der Waals surface area (Å²) in [7, 11) is -3.64. The smallest absolute Gasteiger partial charge is 0.264 e. The van der Waals surface area contributed by atoms with Crippen LogP contribution in [-0.2, 0) is 20.1 Å². The fourth-order valence-corrected chi connectivity index (χ4v) is 4.52. The van der Waals surface area contributed by atoms with Crippen LogP contribution in [0.4, 0.5) is 8.78 Å². The molecule has 0 radical (unpaired) electrons. The molecule has 0 aliphatic rings. The Morgan fingerprint density at radius 3 is 2.62 bits per heavy atom. The fraction of sp³-hybridized carbons (Fsp3) is 0.300. The molecule has 3 rings (SSSR count). The summed E-state index contributed by atoms with van der Waals surface area (Å²) in [4.78, 5) is 3.17. The maximum atomic E-state index is 14.7. The lowest BCUT2D eigenvalue weighted by Crippen LogP contribution is -2.10. The number of H-pyrrole nitrogens is 1.